The van der Waals surface area contributed by atoms with Gasteiger partial charge in [0.05, 0.1) is 6.61 Å². The van der Waals surface area contributed by atoms with Crippen LogP contribution in [0.3, 0.4) is 0 Å². The Morgan fingerprint density at radius 3 is 2.55 bits per heavy atom. The molecule has 3 heteroatoms. The summed E-state index contributed by atoms with van der Waals surface area (Å²) in [5.41, 5.74) is 4.08. The molecule has 0 saturated carbocycles. The average molecular weight is 291 g/mol. The van der Waals surface area contributed by atoms with Crippen molar-refractivity contribution in [2.45, 2.75) is 40.8 Å². The molecule has 0 aliphatic carbocycles. The fourth-order valence-electron chi connectivity index (χ4n) is 2.53. The lowest BCUT2D eigenvalue weighted by molar-refractivity contribution is 0.185. The highest BCUT2D eigenvalue weighted by atomic mass is 32.1. The van der Waals surface area contributed by atoms with Crippen LogP contribution in [0, 0.1) is 19.8 Å². The predicted molar refractivity (Wildman–Crippen MR) is 88.6 cm³/mol. The van der Waals surface area contributed by atoms with E-state index in [-0.39, 0.29) is 0 Å². The van der Waals surface area contributed by atoms with Crippen LogP contribution in [0.15, 0.2) is 12.1 Å². The summed E-state index contributed by atoms with van der Waals surface area (Å²) in [4.78, 5) is 1.42. The van der Waals surface area contributed by atoms with Gasteiger partial charge in [-0.3, -0.25) is 0 Å². The van der Waals surface area contributed by atoms with Gasteiger partial charge in [0.25, 0.3) is 0 Å². The SMILES string of the molecule is COCc1c(CNCC(C)C)sc2c(C)ccc(C)c12. The molecule has 0 aliphatic rings. The molecule has 0 fully saturated rings. The van der Waals surface area contributed by atoms with Gasteiger partial charge in [-0.15, -0.1) is 11.3 Å². The number of nitrogens with one attached hydrogen (secondary N) is 1. The second-order valence-corrected chi connectivity index (χ2v) is 6.97. The van der Waals surface area contributed by atoms with E-state index in [0.717, 1.165) is 13.1 Å². The molecule has 0 bridgehead atoms. The molecule has 0 atom stereocenters. The van der Waals surface area contributed by atoms with Gasteiger partial charge in [-0.2, -0.15) is 0 Å². The van der Waals surface area contributed by atoms with E-state index >= 15 is 0 Å². The molecule has 1 N–H and O–H groups in total. The van der Waals surface area contributed by atoms with Crippen molar-refractivity contribution in [1.82, 2.24) is 5.32 Å². The maximum atomic E-state index is 5.44. The molecule has 2 rings (SSSR count). The normalized spacial score (nSPS) is 11.7. The van der Waals surface area contributed by atoms with E-state index < -0.39 is 0 Å². The molecule has 0 amide bonds. The van der Waals surface area contributed by atoms with E-state index in [0.29, 0.717) is 12.5 Å². The standard InChI is InChI=1S/C17H25NOS/c1-11(2)8-18-9-15-14(10-19-5)16-12(3)6-7-13(4)17(16)20-15/h6-7,11,18H,8-10H2,1-5H3. The fraction of sp³-hybridized carbons (Fsp3) is 0.529. The Balaban J connectivity index is 2.40. The molecule has 1 heterocycles. The zero-order chi connectivity index (χ0) is 14.7. The number of aryl methyl sites for hydroxylation is 2. The third-order valence-corrected chi connectivity index (χ3v) is 4.92. The minimum Gasteiger partial charge on any atom is -0.380 e. The van der Waals surface area contributed by atoms with Gasteiger partial charge in [-0.05, 0) is 37.4 Å². The first-order valence-electron chi connectivity index (χ1n) is 7.24. The first kappa shape index (κ1) is 15.5. The van der Waals surface area contributed by atoms with Crippen LogP contribution in [0.5, 0.6) is 0 Å². The summed E-state index contributed by atoms with van der Waals surface area (Å²) in [5, 5.41) is 4.96. The number of thiophene rings is 1. The monoisotopic (exact) mass is 291 g/mol. The predicted octanol–water partition coefficient (Wildman–Crippen LogP) is 4.41. The Morgan fingerprint density at radius 1 is 1.20 bits per heavy atom. The Bertz CT molecular complexity index is 586. The van der Waals surface area contributed by atoms with E-state index in [1.54, 1.807) is 7.11 Å². The van der Waals surface area contributed by atoms with Crippen LogP contribution in [-0.2, 0) is 17.9 Å². The highest BCUT2D eigenvalue weighted by Crippen LogP contribution is 2.36. The smallest absolute Gasteiger partial charge is 0.0730 e. The van der Waals surface area contributed by atoms with Crippen LogP contribution in [0.25, 0.3) is 10.1 Å². The fourth-order valence-corrected chi connectivity index (χ4v) is 3.85. The quantitative estimate of drug-likeness (QED) is 0.851. The maximum absolute atomic E-state index is 5.44. The van der Waals surface area contributed by atoms with Gasteiger partial charge in [-0.1, -0.05) is 26.0 Å². The Morgan fingerprint density at radius 2 is 1.90 bits per heavy atom. The molecule has 2 aromatic rings. The van der Waals surface area contributed by atoms with Crippen LogP contribution >= 0.6 is 11.3 Å². The molecule has 0 aliphatic heterocycles. The lowest BCUT2D eigenvalue weighted by atomic mass is 10.0. The summed E-state index contributed by atoms with van der Waals surface area (Å²) < 4.78 is 6.85. The molecule has 2 nitrogen and oxygen atoms in total. The molecule has 0 unspecified atom stereocenters. The van der Waals surface area contributed by atoms with Crippen LogP contribution in [0.2, 0.25) is 0 Å². The van der Waals surface area contributed by atoms with Crippen LogP contribution in [0.4, 0.5) is 0 Å². The van der Waals surface area contributed by atoms with Crippen molar-refractivity contribution in [3.8, 4) is 0 Å². The Labute approximate surface area is 126 Å². The molecule has 0 saturated heterocycles. The zero-order valence-corrected chi connectivity index (χ0v) is 14.0. The minimum absolute atomic E-state index is 0.679. The van der Waals surface area contributed by atoms with Crippen molar-refractivity contribution in [3.63, 3.8) is 0 Å². The average Bonchev–Trinajstić information content (AvgIpc) is 2.75. The summed E-state index contributed by atoms with van der Waals surface area (Å²) in [5.74, 6) is 0.679. The number of fused-ring (bicyclic) bond motifs is 1. The van der Waals surface area contributed by atoms with Crippen molar-refractivity contribution in [2.24, 2.45) is 5.92 Å². The topological polar surface area (TPSA) is 21.3 Å². The third kappa shape index (κ3) is 3.22. The summed E-state index contributed by atoms with van der Waals surface area (Å²) in [6.07, 6.45) is 0. The Hall–Kier alpha value is -0.900. The van der Waals surface area contributed by atoms with Gasteiger partial charge < -0.3 is 10.1 Å². The van der Waals surface area contributed by atoms with Crippen molar-refractivity contribution in [2.75, 3.05) is 13.7 Å². The third-order valence-electron chi connectivity index (χ3n) is 3.55. The van der Waals surface area contributed by atoms with E-state index in [1.807, 2.05) is 11.3 Å². The van der Waals surface area contributed by atoms with Gasteiger partial charge >= 0.3 is 0 Å². The number of benzene rings is 1. The molecule has 1 aromatic heterocycles. The number of hydrogen-bond acceptors (Lipinski definition) is 3. The first-order valence-corrected chi connectivity index (χ1v) is 8.06. The van der Waals surface area contributed by atoms with E-state index in [1.165, 1.54) is 31.7 Å². The number of ether oxygens (including phenoxy) is 1. The number of rotatable bonds is 6. The van der Waals surface area contributed by atoms with Crippen molar-refractivity contribution < 1.29 is 4.74 Å². The summed E-state index contributed by atoms with van der Waals surface area (Å²) in [6, 6.07) is 4.44. The van der Waals surface area contributed by atoms with Crippen LogP contribution in [0.1, 0.15) is 35.4 Å². The van der Waals surface area contributed by atoms with Crippen molar-refractivity contribution in [1.29, 1.82) is 0 Å². The van der Waals surface area contributed by atoms with Gasteiger partial charge in [-0.25, -0.2) is 0 Å². The lowest BCUT2D eigenvalue weighted by Crippen LogP contribution is -2.19. The number of hydrogen-bond donors (Lipinski definition) is 1. The summed E-state index contributed by atoms with van der Waals surface area (Å²) in [7, 11) is 1.78. The first-order chi connectivity index (χ1) is 9.54. The summed E-state index contributed by atoms with van der Waals surface area (Å²) in [6.45, 7) is 11.6. The van der Waals surface area contributed by atoms with Crippen LogP contribution < -0.4 is 5.32 Å². The van der Waals surface area contributed by atoms with Gasteiger partial charge in [0.2, 0.25) is 0 Å². The van der Waals surface area contributed by atoms with E-state index in [9.17, 15) is 0 Å². The molecule has 0 radical (unpaired) electrons. The highest BCUT2D eigenvalue weighted by Gasteiger charge is 2.15. The van der Waals surface area contributed by atoms with Gasteiger partial charge in [0.1, 0.15) is 0 Å². The molecule has 20 heavy (non-hydrogen) atoms. The van der Waals surface area contributed by atoms with E-state index in [2.05, 4.69) is 45.1 Å². The van der Waals surface area contributed by atoms with Gasteiger partial charge in [0, 0.05) is 34.2 Å². The number of methoxy groups -OCH3 is 1. The zero-order valence-electron chi connectivity index (χ0n) is 13.2. The van der Waals surface area contributed by atoms with E-state index in [4.69, 9.17) is 4.74 Å². The highest BCUT2D eigenvalue weighted by molar-refractivity contribution is 7.19. The second-order valence-electron chi connectivity index (χ2n) is 5.87. The van der Waals surface area contributed by atoms with Crippen molar-refractivity contribution >= 4 is 21.4 Å². The molecular formula is C17H25NOS. The Kier molecular flexibility index (Phi) is 5.19. The maximum Gasteiger partial charge on any atom is 0.0730 e. The molecular weight excluding hydrogens is 266 g/mol. The summed E-state index contributed by atoms with van der Waals surface area (Å²) >= 11 is 1.91. The van der Waals surface area contributed by atoms with Crippen molar-refractivity contribution in [3.05, 3.63) is 33.7 Å². The second kappa shape index (κ2) is 6.70. The molecule has 0 spiro atoms. The van der Waals surface area contributed by atoms with Gasteiger partial charge in [0.15, 0.2) is 0 Å². The molecule has 1 aromatic carbocycles. The largest absolute Gasteiger partial charge is 0.380 e. The molecule has 110 valence electrons. The van der Waals surface area contributed by atoms with Crippen LogP contribution in [-0.4, -0.2) is 13.7 Å². The lowest BCUT2D eigenvalue weighted by Gasteiger charge is -2.08. The minimum atomic E-state index is 0.679.